The lowest BCUT2D eigenvalue weighted by molar-refractivity contribution is -0.143. The number of aliphatic hydroxyl groups excluding tert-OH is 2. The van der Waals surface area contributed by atoms with Crippen LogP contribution in [0.4, 0.5) is 0 Å². The number of aliphatic hydroxyl groups is 2. The molecule has 0 saturated carbocycles. The highest BCUT2D eigenvalue weighted by Crippen LogP contribution is 2.03. The van der Waals surface area contributed by atoms with Gasteiger partial charge in [-0.2, -0.15) is 12.6 Å². The van der Waals surface area contributed by atoms with Crippen LogP contribution in [0.25, 0.3) is 0 Å². The minimum absolute atomic E-state index is 0.0579. The van der Waals surface area contributed by atoms with Crippen LogP contribution in [0, 0.1) is 0 Å². The molecule has 4 unspecified atom stereocenters. The summed E-state index contributed by atoms with van der Waals surface area (Å²) in [5.41, 5.74) is 11.0. The molecule has 3 amide bonds. The third kappa shape index (κ3) is 9.32. The normalized spacial score (nSPS) is 15.0. The van der Waals surface area contributed by atoms with Gasteiger partial charge < -0.3 is 42.7 Å². The van der Waals surface area contributed by atoms with Crippen LogP contribution < -0.4 is 27.4 Å². The molecule has 12 nitrogen and oxygen atoms in total. The lowest BCUT2D eigenvalue weighted by atomic mass is 10.1. The van der Waals surface area contributed by atoms with E-state index in [0.29, 0.717) is 19.4 Å². The molecule has 0 fully saturated rings. The molecule has 0 aliphatic rings. The van der Waals surface area contributed by atoms with Gasteiger partial charge in [0.25, 0.3) is 0 Å². The second-order valence-electron chi connectivity index (χ2n) is 5.96. The highest BCUT2D eigenvalue weighted by molar-refractivity contribution is 7.80. The lowest BCUT2D eigenvalue weighted by Crippen LogP contribution is -2.58. The maximum atomic E-state index is 12.5. The van der Waals surface area contributed by atoms with Crippen LogP contribution >= 0.6 is 12.6 Å². The minimum atomic E-state index is -1.59. The molecule has 0 spiro atoms. The van der Waals surface area contributed by atoms with Gasteiger partial charge in [-0.1, -0.05) is 0 Å². The number of hydrogen-bond acceptors (Lipinski definition) is 9. The first-order valence-electron chi connectivity index (χ1n) is 8.63. The Balaban J connectivity index is 5.08. The fourth-order valence-electron chi connectivity index (χ4n) is 2.05. The van der Waals surface area contributed by atoms with Gasteiger partial charge in [0, 0.05) is 5.75 Å². The van der Waals surface area contributed by atoms with Crippen molar-refractivity contribution in [1.82, 2.24) is 16.0 Å². The number of hydrogen-bond donors (Lipinski definition) is 9. The predicted octanol–water partition coefficient (Wildman–Crippen LogP) is -4.10. The van der Waals surface area contributed by atoms with Crippen molar-refractivity contribution in [1.29, 1.82) is 0 Å². The summed E-state index contributed by atoms with van der Waals surface area (Å²) in [5, 5.41) is 33.8. The van der Waals surface area contributed by atoms with Crippen LogP contribution in [0.15, 0.2) is 0 Å². The van der Waals surface area contributed by atoms with Gasteiger partial charge in [0.2, 0.25) is 17.7 Å². The summed E-state index contributed by atoms with van der Waals surface area (Å²) in [6.45, 7) is -1.31. The smallest absolute Gasteiger partial charge is 0.328 e. The molecule has 0 bridgehead atoms. The summed E-state index contributed by atoms with van der Waals surface area (Å²) >= 11 is 3.91. The third-order valence-electron chi connectivity index (χ3n) is 3.73. The molecular formula is C15H29N5O7S. The van der Waals surface area contributed by atoms with Crippen LogP contribution in [0.1, 0.15) is 19.3 Å². The Morgan fingerprint density at radius 1 is 0.857 bits per heavy atom. The Hall–Kier alpha value is -1.93. The highest BCUT2D eigenvalue weighted by atomic mass is 32.1. The van der Waals surface area contributed by atoms with E-state index in [1.807, 2.05) is 5.32 Å². The van der Waals surface area contributed by atoms with Gasteiger partial charge in [0.1, 0.15) is 18.1 Å². The second kappa shape index (κ2) is 14.1. The molecule has 0 aromatic heterocycles. The number of aliphatic carboxylic acids is 1. The summed E-state index contributed by atoms with van der Waals surface area (Å²) in [4.78, 5) is 47.3. The first-order valence-corrected chi connectivity index (χ1v) is 9.27. The number of unbranched alkanes of at least 4 members (excludes halogenated alkanes) is 1. The van der Waals surface area contributed by atoms with E-state index < -0.39 is 61.1 Å². The molecule has 13 heteroatoms. The number of thiol groups is 1. The molecule has 10 N–H and O–H groups in total. The van der Waals surface area contributed by atoms with Gasteiger partial charge in [0.15, 0.2) is 0 Å². The van der Waals surface area contributed by atoms with Crippen LogP contribution in [-0.2, 0) is 19.2 Å². The van der Waals surface area contributed by atoms with Crippen molar-refractivity contribution in [2.45, 2.75) is 43.4 Å². The van der Waals surface area contributed by atoms with Crippen molar-refractivity contribution < 1.29 is 34.5 Å². The van der Waals surface area contributed by atoms with E-state index in [0.717, 1.165) is 0 Å². The Bertz CT molecular complexity index is 537. The Morgan fingerprint density at radius 2 is 1.36 bits per heavy atom. The molecule has 0 aromatic carbocycles. The fourth-order valence-corrected chi connectivity index (χ4v) is 2.21. The fraction of sp³-hybridized carbons (Fsp3) is 0.733. The molecular weight excluding hydrogens is 394 g/mol. The van der Waals surface area contributed by atoms with Gasteiger partial charge >= 0.3 is 5.97 Å². The molecule has 0 aromatic rings. The number of carbonyl (C=O) groups excluding carboxylic acids is 3. The number of nitrogens with one attached hydrogen (secondary N) is 3. The van der Waals surface area contributed by atoms with Crippen LogP contribution in [-0.4, -0.2) is 88.7 Å². The van der Waals surface area contributed by atoms with E-state index in [4.69, 9.17) is 21.7 Å². The van der Waals surface area contributed by atoms with E-state index >= 15 is 0 Å². The maximum absolute atomic E-state index is 12.5. The van der Waals surface area contributed by atoms with Gasteiger partial charge in [0.05, 0.1) is 19.3 Å². The zero-order valence-corrected chi connectivity index (χ0v) is 16.2. The molecule has 0 aliphatic heterocycles. The Kier molecular flexibility index (Phi) is 13.1. The third-order valence-corrected chi connectivity index (χ3v) is 4.12. The van der Waals surface area contributed by atoms with Crippen molar-refractivity contribution in [2.24, 2.45) is 11.5 Å². The average Bonchev–Trinajstić information content (AvgIpc) is 2.67. The molecule has 0 saturated heterocycles. The number of carboxylic acids is 1. The first-order chi connectivity index (χ1) is 13.2. The SMILES string of the molecule is NCCCCC(NC(=O)C(N)CS)C(=O)NC(CO)C(=O)NC(CO)C(=O)O. The minimum Gasteiger partial charge on any atom is -0.480 e. The van der Waals surface area contributed by atoms with E-state index in [-0.39, 0.29) is 12.2 Å². The van der Waals surface area contributed by atoms with E-state index in [9.17, 15) is 24.3 Å². The summed E-state index contributed by atoms with van der Waals surface area (Å²) in [5.74, 6) is -3.80. The number of carbonyl (C=O) groups is 4. The van der Waals surface area contributed by atoms with Crippen molar-refractivity contribution in [3.05, 3.63) is 0 Å². The van der Waals surface area contributed by atoms with Crippen molar-refractivity contribution in [2.75, 3.05) is 25.5 Å². The number of rotatable bonds is 14. The van der Waals surface area contributed by atoms with Crippen LogP contribution in [0.2, 0.25) is 0 Å². The summed E-state index contributed by atoms with van der Waals surface area (Å²) in [7, 11) is 0. The molecule has 162 valence electrons. The maximum Gasteiger partial charge on any atom is 0.328 e. The molecule has 4 atom stereocenters. The lowest BCUT2D eigenvalue weighted by Gasteiger charge is -2.24. The van der Waals surface area contributed by atoms with Crippen LogP contribution in [0.5, 0.6) is 0 Å². The van der Waals surface area contributed by atoms with E-state index in [2.05, 4.69) is 23.3 Å². The quantitative estimate of drug-likeness (QED) is 0.0978. The molecule has 0 radical (unpaired) electrons. The van der Waals surface area contributed by atoms with Gasteiger partial charge in [-0.25, -0.2) is 4.79 Å². The van der Waals surface area contributed by atoms with Crippen molar-refractivity contribution in [3.63, 3.8) is 0 Å². The van der Waals surface area contributed by atoms with Crippen molar-refractivity contribution in [3.8, 4) is 0 Å². The average molecular weight is 423 g/mol. The molecule has 0 rings (SSSR count). The second-order valence-corrected chi connectivity index (χ2v) is 6.33. The molecule has 28 heavy (non-hydrogen) atoms. The highest BCUT2D eigenvalue weighted by Gasteiger charge is 2.29. The topological polar surface area (TPSA) is 217 Å². The summed E-state index contributed by atoms with van der Waals surface area (Å²) < 4.78 is 0. The number of carboxylic acid groups (broad SMARTS) is 1. The van der Waals surface area contributed by atoms with Gasteiger partial charge in [-0.05, 0) is 25.8 Å². The summed E-state index contributed by atoms with van der Waals surface area (Å²) in [6.07, 6.45) is 1.31. The van der Waals surface area contributed by atoms with E-state index in [1.165, 1.54) is 0 Å². The molecule has 0 aliphatic carbocycles. The number of nitrogens with two attached hydrogens (primary N) is 2. The van der Waals surface area contributed by atoms with Crippen molar-refractivity contribution >= 4 is 36.3 Å². The predicted molar refractivity (Wildman–Crippen MR) is 102 cm³/mol. The Labute approximate surface area is 167 Å². The standard InChI is InChI=1S/C15H29N5O7S/c16-4-2-1-3-9(18-12(23)8(17)7-28)13(24)19-10(5-21)14(25)20-11(6-22)15(26)27/h8-11,21-22,28H,1-7,16-17H2,(H,18,23)(H,19,24)(H,20,25)(H,26,27). The van der Waals surface area contributed by atoms with E-state index in [1.54, 1.807) is 0 Å². The molecule has 0 heterocycles. The van der Waals surface area contributed by atoms with Crippen LogP contribution in [0.3, 0.4) is 0 Å². The number of amides is 3. The van der Waals surface area contributed by atoms with Gasteiger partial charge in [-0.15, -0.1) is 0 Å². The zero-order chi connectivity index (χ0) is 21.7. The zero-order valence-electron chi connectivity index (χ0n) is 15.3. The Morgan fingerprint density at radius 3 is 1.82 bits per heavy atom. The largest absolute Gasteiger partial charge is 0.480 e. The van der Waals surface area contributed by atoms with Gasteiger partial charge in [-0.3, -0.25) is 14.4 Å². The summed E-state index contributed by atoms with van der Waals surface area (Å²) in [6, 6.07) is -5.05. The monoisotopic (exact) mass is 423 g/mol. The first kappa shape index (κ1) is 26.1.